The Morgan fingerprint density at radius 1 is 0.608 bits per heavy atom. The molecule has 0 radical (unpaired) electrons. The predicted molar refractivity (Wildman–Crippen MR) is 446 cm³/mol. The Kier molecular flexibility index (Phi) is 21.3. The van der Waals surface area contributed by atoms with Crippen molar-refractivity contribution in [3.63, 3.8) is 0 Å². The lowest BCUT2D eigenvalue weighted by Crippen LogP contribution is -2.22. The largest absolute Gasteiger partial charge is 0.497 e. The summed E-state index contributed by atoms with van der Waals surface area (Å²) in [7, 11) is 5.59. The summed E-state index contributed by atoms with van der Waals surface area (Å²) in [4.78, 5) is 7.40. The highest BCUT2D eigenvalue weighted by atomic mass is 35.5. The van der Waals surface area contributed by atoms with Gasteiger partial charge in [0, 0.05) is 83.5 Å². The van der Waals surface area contributed by atoms with Crippen LogP contribution in [0, 0.1) is 19.8 Å². The van der Waals surface area contributed by atoms with E-state index in [0.29, 0.717) is 5.92 Å². The number of rotatable bonds is 17. The molecule has 0 saturated heterocycles. The van der Waals surface area contributed by atoms with E-state index in [4.69, 9.17) is 21.1 Å². The molecule has 0 N–H and O–H groups in total. The molecule has 522 valence electrons. The summed E-state index contributed by atoms with van der Waals surface area (Å²) in [6.45, 7) is 29.2. The van der Waals surface area contributed by atoms with Crippen LogP contribution in [-0.4, -0.2) is 32.4 Å². The third-order valence-electron chi connectivity index (χ3n) is 22.1. The van der Waals surface area contributed by atoms with Gasteiger partial charge >= 0.3 is 0 Å². The van der Waals surface area contributed by atoms with E-state index in [9.17, 15) is 0 Å². The molecule has 0 bridgehead atoms. The number of thiophene rings is 1. The van der Waals surface area contributed by atoms with E-state index >= 15 is 0 Å². The van der Waals surface area contributed by atoms with Crippen LogP contribution < -0.4 is 24.6 Å². The quantitative estimate of drug-likeness (QED) is 0.0906. The Hall–Kier alpha value is -8.72. The fourth-order valence-electron chi connectivity index (χ4n) is 16.6. The van der Waals surface area contributed by atoms with Gasteiger partial charge in [-0.2, -0.15) is 0 Å². The molecule has 10 aromatic rings. The van der Waals surface area contributed by atoms with Crippen LogP contribution in [0.5, 0.6) is 11.5 Å². The number of nitrogens with zero attached hydrogens (tertiary/aromatic N) is 3. The Labute approximate surface area is 620 Å². The van der Waals surface area contributed by atoms with Crippen LogP contribution in [0.15, 0.2) is 232 Å². The lowest BCUT2D eigenvalue weighted by Gasteiger charge is -2.24. The van der Waals surface area contributed by atoms with Crippen molar-refractivity contribution in [2.75, 3.05) is 37.6 Å². The molecule has 5 aliphatic rings. The molecule has 8 heteroatoms. The van der Waals surface area contributed by atoms with Crippen LogP contribution in [0.25, 0.3) is 71.4 Å². The first kappa shape index (κ1) is 71.7. The van der Waals surface area contributed by atoms with Gasteiger partial charge in [0.15, 0.2) is 0 Å². The summed E-state index contributed by atoms with van der Waals surface area (Å²) in [6, 6.07) is 52.9. The maximum atomic E-state index is 7.31. The van der Waals surface area contributed by atoms with Crippen molar-refractivity contribution >= 4 is 117 Å². The van der Waals surface area contributed by atoms with Gasteiger partial charge in [-0.1, -0.05) is 219 Å². The van der Waals surface area contributed by atoms with Crippen LogP contribution in [0.3, 0.4) is 0 Å². The van der Waals surface area contributed by atoms with Gasteiger partial charge in [-0.15, -0.1) is 11.3 Å². The third kappa shape index (κ3) is 13.4. The highest BCUT2D eigenvalue weighted by Gasteiger charge is 2.39. The molecule has 0 spiro atoms. The standard InChI is InChI=1S/C44H46ClN.C28H33NO2.C22H21NS2/c1-6-8-12-35-36(37-15-10-13-33-29(4)17-21-38(35)42(33)37)22-19-31-26-28(3)27-32(44(31)45)20-24-40-39-16-11-14-34-30(5)18-23-41(43(34)39)46(40)25-9-7-2;1-18-21-14-12-19(30-7)16-23(21)27(2,3)22(18)10-9-11-26-28(4,5)24-17-20(31-8)13-15-25(24)29(26)6;1-3-16-17-10-5-7-12-20(17)24-19(16)14-9-15-22-23(4-2)18-11-6-8-13-21(18)25-22/h10-11,13-24,28H,6-9,12,25-27H2,1-5H3;9-17H,1-8H3;5-15H,3-4H2,1-2H3/b22-19+,32-20+,40-24+;10-9+,26-11-;14-9+,22-15-. The van der Waals surface area contributed by atoms with E-state index < -0.39 is 0 Å². The van der Waals surface area contributed by atoms with Crippen molar-refractivity contribution in [1.82, 2.24) is 4.57 Å². The number of likely N-dealkylation sites (N-methyl/N-ethyl adjacent to an activating group) is 1. The molecule has 2 aromatic heterocycles. The zero-order valence-electron chi connectivity index (χ0n) is 62.6. The highest BCUT2D eigenvalue weighted by Crippen LogP contribution is 2.52. The van der Waals surface area contributed by atoms with Crippen molar-refractivity contribution in [2.45, 2.75) is 157 Å². The number of methoxy groups -OCH3 is 2. The van der Waals surface area contributed by atoms with Crippen molar-refractivity contribution < 1.29 is 9.47 Å². The molecule has 0 saturated carbocycles. The number of anilines is 2. The van der Waals surface area contributed by atoms with Crippen LogP contribution in [0.2, 0.25) is 0 Å². The molecule has 0 amide bonds. The first-order valence-corrected chi connectivity index (χ1v) is 39.0. The number of unbranched alkanes of at least 4 members (excludes halogenated alkanes) is 2. The number of allylic oxidation sites excluding steroid dienone is 16. The molecule has 5 nitrogen and oxygen atoms in total. The van der Waals surface area contributed by atoms with Gasteiger partial charge in [-0.25, -0.2) is 0 Å². The maximum Gasteiger partial charge on any atom is 0.119 e. The summed E-state index contributed by atoms with van der Waals surface area (Å²) in [5, 5.41) is 11.8. The third-order valence-corrected chi connectivity index (χ3v) is 24.9. The first-order valence-electron chi connectivity index (χ1n) is 37.0. The molecule has 1 atom stereocenters. The minimum absolute atomic E-state index is 0.0591. The van der Waals surface area contributed by atoms with Crippen LogP contribution in [0.1, 0.15) is 164 Å². The fourth-order valence-corrected chi connectivity index (χ4v) is 19.2. The second kappa shape index (κ2) is 30.3. The molecule has 3 aliphatic carbocycles. The van der Waals surface area contributed by atoms with E-state index in [1.165, 1.54) is 177 Å². The normalized spacial score (nSPS) is 18.1. The molecule has 0 fully saturated rings. The topological polar surface area (TPSA) is 29.9 Å². The second-order valence-electron chi connectivity index (χ2n) is 29.2. The lowest BCUT2D eigenvalue weighted by atomic mass is 9.80. The van der Waals surface area contributed by atoms with Gasteiger partial charge in [0.25, 0.3) is 0 Å². The van der Waals surface area contributed by atoms with E-state index in [2.05, 4.69) is 305 Å². The van der Waals surface area contributed by atoms with Crippen molar-refractivity contribution in [2.24, 2.45) is 5.92 Å². The number of para-hydroxylation sites is 1. The number of benzene rings is 8. The molecule has 102 heavy (non-hydrogen) atoms. The zero-order chi connectivity index (χ0) is 71.7. The number of hydrogen-bond donors (Lipinski definition) is 0. The summed E-state index contributed by atoms with van der Waals surface area (Å²) < 4.78 is 14.9. The van der Waals surface area contributed by atoms with E-state index in [1.807, 2.05) is 29.2 Å². The van der Waals surface area contributed by atoms with Crippen molar-refractivity contribution in [3.05, 3.63) is 281 Å². The molecule has 1 unspecified atom stereocenters. The number of aromatic nitrogens is 1. The molecule has 8 aromatic carbocycles. The molecule has 15 rings (SSSR count). The van der Waals surface area contributed by atoms with E-state index in [1.54, 1.807) is 14.2 Å². The number of aryl methyl sites for hydroxylation is 4. The highest BCUT2D eigenvalue weighted by molar-refractivity contribution is 8.03. The van der Waals surface area contributed by atoms with Gasteiger partial charge in [0.2, 0.25) is 0 Å². The average Bonchev–Trinajstić information content (AvgIpc) is 1.60. The second-order valence-corrected chi connectivity index (χ2v) is 31.8. The summed E-state index contributed by atoms with van der Waals surface area (Å²) in [5.41, 5.74) is 24.0. The molecule has 4 heterocycles. The minimum Gasteiger partial charge on any atom is -0.497 e. The van der Waals surface area contributed by atoms with Gasteiger partial charge in [-0.3, -0.25) is 0 Å². The maximum absolute atomic E-state index is 7.31. The Morgan fingerprint density at radius 2 is 1.28 bits per heavy atom. The molecular formula is C94H100ClN3O2S2. The van der Waals surface area contributed by atoms with Crippen molar-refractivity contribution in [1.29, 1.82) is 0 Å². The first-order chi connectivity index (χ1) is 49.3. The van der Waals surface area contributed by atoms with Gasteiger partial charge < -0.3 is 23.8 Å². The van der Waals surface area contributed by atoms with Gasteiger partial charge in [0.1, 0.15) is 11.5 Å². The number of hydrogen-bond acceptors (Lipinski definition) is 6. The minimum atomic E-state index is -0.0894. The number of halogens is 1. The zero-order valence-corrected chi connectivity index (χ0v) is 65.0. The Morgan fingerprint density at radius 3 is 2.04 bits per heavy atom. The smallest absolute Gasteiger partial charge is 0.119 e. The summed E-state index contributed by atoms with van der Waals surface area (Å²) >= 11 is 11.1. The summed E-state index contributed by atoms with van der Waals surface area (Å²) in [6.07, 6.45) is 31.8. The SMILES string of the molecule is CCCCC1=C(/C=C/C2=C(Cl)C(=C/C=c3\c4cccc5c(C)ccc(c54)n3CCCC)/CC(C)C2)c2cccc3c(C)ccc1c23.CCc1c(/C=C/C=C2\Sc3ccccc3N2CC)sc2ccccc12.COc1ccc2c(c1)C(C)(C)C(/C=C/C=C1\N(C)c3ccc(OC)cc3C1(C)C)=C2C. The Bertz CT molecular complexity index is 5260. The predicted octanol–water partition coefficient (Wildman–Crippen LogP) is 26.0. The molecular weight excluding hydrogens is 1300 g/mol. The Balaban J connectivity index is 0.000000144. The van der Waals surface area contributed by atoms with Crippen LogP contribution in [-0.2, 0) is 23.8 Å². The van der Waals surface area contributed by atoms with Gasteiger partial charge in [0.05, 0.1) is 24.9 Å². The summed E-state index contributed by atoms with van der Waals surface area (Å²) in [5.74, 6) is 2.35. The van der Waals surface area contributed by atoms with E-state index in [-0.39, 0.29) is 10.8 Å². The van der Waals surface area contributed by atoms with Gasteiger partial charge in [-0.05, 0) is 251 Å². The van der Waals surface area contributed by atoms with Crippen LogP contribution >= 0.6 is 34.7 Å². The number of thioether (sulfide) groups is 1. The monoisotopic (exact) mass is 1400 g/mol. The number of fused-ring (bicyclic) bond motifs is 4. The van der Waals surface area contributed by atoms with E-state index in [0.717, 1.165) is 61.7 Å². The lowest BCUT2D eigenvalue weighted by molar-refractivity contribution is 0.413. The number of ether oxygens (including phenoxy) is 2. The fraction of sp³-hybridized carbons (Fsp3) is 0.298. The van der Waals surface area contributed by atoms with Crippen LogP contribution in [0.4, 0.5) is 11.4 Å². The average molecular weight is 1400 g/mol. The molecule has 2 aliphatic heterocycles. The van der Waals surface area contributed by atoms with Crippen molar-refractivity contribution in [3.8, 4) is 11.5 Å².